The van der Waals surface area contributed by atoms with E-state index in [4.69, 9.17) is 37.1 Å². The van der Waals surface area contributed by atoms with Crippen LogP contribution in [0.1, 0.15) is 23.2 Å². The molecule has 0 spiro atoms. The summed E-state index contributed by atoms with van der Waals surface area (Å²) in [5, 5.41) is 0.326. The van der Waals surface area contributed by atoms with Crippen molar-refractivity contribution in [2.45, 2.75) is 13.5 Å². The van der Waals surface area contributed by atoms with Crippen LogP contribution in [-0.4, -0.2) is 17.6 Å². The van der Waals surface area contributed by atoms with Gasteiger partial charge in [0.25, 0.3) is 0 Å². The van der Waals surface area contributed by atoms with Crippen LogP contribution in [0, 0.1) is 5.82 Å². The zero-order chi connectivity index (χ0) is 19.4. The van der Waals surface area contributed by atoms with E-state index in [9.17, 15) is 9.18 Å². The summed E-state index contributed by atoms with van der Waals surface area (Å²) in [7, 11) is 0. The number of hydrogen-bond donors (Lipinski definition) is 0. The third-order valence-electron chi connectivity index (χ3n) is 3.53. The van der Waals surface area contributed by atoms with Crippen LogP contribution in [0.3, 0.4) is 0 Å². The van der Waals surface area contributed by atoms with Crippen molar-refractivity contribution in [1.29, 1.82) is 0 Å². The average molecular weight is 410 g/mol. The molecule has 3 aromatic rings. The van der Waals surface area contributed by atoms with Crippen LogP contribution >= 0.6 is 23.2 Å². The van der Waals surface area contributed by atoms with E-state index in [-0.39, 0.29) is 46.3 Å². The number of halogens is 3. The van der Waals surface area contributed by atoms with Crippen molar-refractivity contribution < 1.29 is 23.1 Å². The molecule has 0 saturated heterocycles. The second-order valence-corrected chi connectivity index (χ2v) is 6.22. The maximum Gasteiger partial charge on any atom is 0.338 e. The SMILES string of the molecule is CCOC(=O)c1cc(Cl)c(OCc2ncc(-c3ccc(F)cc3)o2)c(Cl)c1. The standard InChI is InChI=1S/C19H14Cl2FNO4/c1-2-25-19(24)12-7-14(20)18(15(21)8-12)26-10-17-23-9-16(27-17)11-3-5-13(22)6-4-11/h3-9H,2,10H2,1H3. The molecule has 1 heterocycles. The molecule has 2 aromatic carbocycles. The van der Waals surface area contributed by atoms with Gasteiger partial charge in [0.1, 0.15) is 5.82 Å². The van der Waals surface area contributed by atoms with Gasteiger partial charge in [0.15, 0.2) is 18.1 Å². The second-order valence-electron chi connectivity index (χ2n) is 5.40. The summed E-state index contributed by atoms with van der Waals surface area (Å²) in [5.41, 5.74) is 0.916. The van der Waals surface area contributed by atoms with E-state index in [0.29, 0.717) is 11.3 Å². The average Bonchev–Trinajstić information content (AvgIpc) is 3.10. The van der Waals surface area contributed by atoms with Gasteiger partial charge < -0.3 is 13.9 Å². The van der Waals surface area contributed by atoms with Crippen LogP contribution in [0.15, 0.2) is 47.0 Å². The van der Waals surface area contributed by atoms with Gasteiger partial charge in [-0.1, -0.05) is 23.2 Å². The van der Waals surface area contributed by atoms with E-state index in [1.54, 1.807) is 19.1 Å². The van der Waals surface area contributed by atoms with E-state index in [1.165, 1.54) is 30.5 Å². The van der Waals surface area contributed by atoms with Crippen LogP contribution in [0.2, 0.25) is 10.0 Å². The first-order valence-corrected chi connectivity index (χ1v) is 8.73. The summed E-state index contributed by atoms with van der Waals surface area (Å²) in [5.74, 6) is 0.106. The molecule has 0 aliphatic heterocycles. The third-order valence-corrected chi connectivity index (χ3v) is 4.09. The largest absolute Gasteiger partial charge is 0.481 e. The van der Waals surface area contributed by atoms with Crippen molar-refractivity contribution in [3.8, 4) is 17.1 Å². The lowest BCUT2D eigenvalue weighted by Crippen LogP contribution is -2.05. The molecule has 0 bridgehead atoms. The van der Waals surface area contributed by atoms with Gasteiger partial charge in [-0.05, 0) is 43.3 Å². The molecule has 1 aromatic heterocycles. The van der Waals surface area contributed by atoms with E-state index in [1.807, 2.05) is 0 Å². The molecule has 0 fully saturated rings. The monoisotopic (exact) mass is 409 g/mol. The Hall–Kier alpha value is -2.57. The predicted octanol–water partition coefficient (Wildman–Crippen LogP) is 5.54. The van der Waals surface area contributed by atoms with E-state index in [2.05, 4.69) is 4.98 Å². The maximum absolute atomic E-state index is 13.0. The molecular weight excluding hydrogens is 396 g/mol. The zero-order valence-corrected chi connectivity index (χ0v) is 15.7. The minimum absolute atomic E-state index is 0.0284. The molecule has 0 aliphatic carbocycles. The van der Waals surface area contributed by atoms with Gasteiger partial charge in [-0.15, -0.1) is 0 Å². The number of carbonyl (C=O) groups excluding carboxylic acids is 1. The van der Waals surface area contributed by atoms with Gasteiger partial charge in [0.05, 0.1) is 28.4 Å². The van der Waals surface area contributed by atoms with E-state index < -0.39 is 5.97 Å². The quantitative estimate of drug-likeness (QED) is 0.499. The number of oxazole rings is 1. The molecule has 0 N–H and O–H groups in total. The number of carbonyl (C=O) groups is 1. The first kappa shape index (κ1) is 19.2. The fourth-order valence-electron chi connectivity index (χ4n) is 2.29. The molecule has 3 rings (SSSR count). The Labute approximate surface area is 164 Å². The van der Waals surface area contributed by atoms with Crippen molar-refractivity contribution in [3.63, 3.8) is 0 Å². The maximum atomic E-state index is 13.0. The van der Waals surface area contributed by atoms with Crippen LogP contribution in [0.5, 0.6) is 5.75 Å². The Morgan fingerprint density at radius 3 is 2.48 bits per heavy atom. The smallest absolute Gasteiger partial charge is 0.338 e. The molecule has 0 radical (unpaired) electrons. The van der Waals surface area contributed by atoms with Crippen molar-refractivity contribution in [2.24, 2.45) is 0 Å². The number of esters is 1. The Kier molecular flexibility index (Phi) is 5.98. The summed E-state index contributed by atoms with van der Waals surface area (Å²) < 4.78 is 29.1. The molecule has 0 aliphatic rings. The number of hydrogen-bond acceptors (Lipinski definition) is 5. The Morgan fingerprint density at radius 1 is 1.19 bits per heavy atom. The lowest BCUT2D eigenvalue weighted by Gasteiger charge is -2.10. The first-order valence-electron chi connectivity index (χ1n) is 7.97. The van der Waals surface area contributed by atoms with Crippen molar-refractivity contribution >= 4 is 29.2 Å². The highest BCUT2D eigenvalue weighted by molar-refractivity contribution is 6.37. The normalized spacial score (nSPS) is 10.7. The molecule has 140 valence electrons. The van der Waals surface area contributed by atoms with E-state index >= 15 is 0 Å². The fraction of sp³-hybridized carbons (Fsp3) is 0.158. The number of nitrogens with zero attached hydrogens (tertiary/aromatic N) is 1. The molecule has 0 saturated carbocycles. The summed E-state index contributed by atoms with van der Waals surface area (Å²) in [6.07, 6.45) is 1.51. The van der Waals surface area contributed by atoms with Crippen molar-refractivity contribution in [2.75, 3.05) is 6.61 Å². The lowest BCUT2D eigenvalue weighted by atomic mass is 10.2. The Bertz CT molecular complexity index is 934. The van der Waals surface area contributed by atoms with Gasteiger partial charge >= 0.3 is 5.97 Å². The Balaban J connectivity index is 1.72. The van der Waals surface area contributed by atoms with Gasteiger partial charge in [-0.25, -0.2) is 14.2 Å². The van der Waals surface area contributed by atoms with Crippen molar-refractivity contribution in [1.82, 2.24) is 4.98 Å². The number of benzene rings is 2. The molecule has 0 atom stereocenters. The first-order chi connectivity index (χ1) is 13.0. The molecule has 5 nitrogen and oxygen atoms in total. The number of aromatic nitrogens is 1. The topological polar surface area (TPSA) is 61.6 Å². The summed E-state index contributed by atoms with van der Waals surface area (Å²) in [6, 6.07) is 8.67. The van der Waals surface area contributed by atoms with Crippen LogP contribution < -0.4 is 4.74 Å². The zero-order valence-electron chi connectivity index (χ0n) is 14.2. The second kappa shape index (κ2) is 8.41. The highest BCUT2D eigenvalue weighted by Gasteiger charge is 2.16. The molecule has 0 unspecified atom stereocenters. The highest BCUT2D eigenvalue weighted by Crippen LogP contribution is 2.35. The number of ether oxygens (including phenoxy) is 2. The Morgan fingerprint density at radius 2 is 1.85 bits per heavy atom. The molecule has 0 amide bonds. The van der Waals surface area contributed by atoms with Crippen molar-refractivity contribution in [3.05, 3.63) is 69.9 Å². The van der Waals surface area contributed by atoms with Crippen LogP contribution in [0.4, 0.5) is 4.39 Å². The highest BCUT2D eigenvalue weighted by atomic mass is 35.5. The van der Waals surface area contributed by atoms with Gasteiger partial charge in [-0.3, -0.25) is 0 Å². The summed E-state index contributed by atoms with van der Waals surface area (Å²) in [6.45, 7) is 1.92. The van der Waals surface area contributed by atoms with Gasteiger partial charge in [0, 0.05) is 5.56 Å². The predicted molar refractivity (Wildman–Crippen MR) is 98.6 cm³/mol. The van der Waals surface area contributed by atoms with Gasteiger partial charge in [0.2, 0.25) is 5.89 Å². The van der Waals surface area contributed by atoms with Crippen LogP contribution in [-0.2, 0) is 11.3 Å². The fourth-order valence-corrected chi connectivity index (χ4v) is 2.88. The van der Waals surface area contributed by atoms with Crippen LogP contribution in [0.25, 0.3) is 11.3 Å². The third kappa shape index (κ3) is 4.59. The van der Waals surface area contributed by atoms with Gasteiger partial charge in [-0.2, -0.15) is 0 Å². The number of rotatable bonds is 6. The molecule has 8 heteroatoms. The lowest BCUT2D eigenvalue weighted by molar-refractivity contribution is 0.0526. The summed E-state index contributed by atoms with van der Waals surface area (Å²) >= 11 is 12.3. The minimum Gasteiger partial charge on any atom is -0.481 e. The molecular formula is C19H14Cl2FNO4. The molecule has 27 heavy (non-hydrogen) atoms. The summed E-state index contributed by atoms with van der Waals surface area (Å²) in [4.78, 5) is 15.9. The minimum atomic E-state index is -0.524. The van der Waals surface area contributed by atoms with E-state index in [0.717, 1.165) is 0 Å².